The first kappa shape index (κ1) is 15.3. The molecule has 3 rings (SSSR count). The molecule has 4 nitrogen and oxygen atoms in total. The number of aliphatic carboxylic acids is 1. The van der Waals surface area contributed by atoms with Crippen molar-refractivity contribution >= 4 is 17.6 Å². The van der Waals surface area contributed by atoms with Gasteiger partial charge in [-0.05, 0) is 29.2 Å². The highest BCUT2D eigenvalue weighted by molar-refractivity contribution is 6.00. The molecule has 0 bridgehead atoms. The Balaban J connectivity index is 1.87. The summed E-state index contributed by atoms with van der Waals surface area (Å²) in [4.78, 5) is 25.8. The average molecular weight is 309 g/mol. The van der Waals surface area contributed by atoms with E-state index >= 15 is 0 Å². The number of aryl methyl sites for hydroxylation is 1. The summed E-state index contributed by atoms with van der Waals surface area (Å²) in [7, 11) is 0. The molecule has 1 unspecified atom stereocenters. The second-order valence-electron chi connectivity index (χ2n) is 5.75. The molecule has 0 aromatic heterocycles. The zero-order valence-corrected chi connectivity index (χ0v) is 13.0. The normalized spacial score (nSPS) is 16.2. The van der Waals surface area contributed by atoms with Crippen LogP contribution in [0.2, 0.25) is 0 Å². The van der Waals surface area contributed by atoms with Crippen molar-refractivity contribution in [2.45, 2.75) is 25.7 Å². The van der Waals surface area contributed by atoms with Crippen LogP contribution >= 0.6 is 0 Å². The number of carbonyl (C=O) groups excluding carboxylic acids is 1. The van der Waals surface area contributed by atoms with Crippen LogP contribution in [-0.2, 0) is 22.4 Å². The van der Waals surface area contributed by atoms with Gasteiger partial charge in [0.15, 0.2) is 0 Å². The number of rotatable bonds is 4. The Bertz CT molecular complexity index is 754. The first-order valence-electron chi connectivity index (χ1n) is 7.80. The smallest absolute Gasteiger partial charge is 0.312 e. The van der Waals surface area contributed by atoms with Crippen LogP contribution in [0.4, 0.5) is 5.69 Å². The van der Waals surface area contributed by atoms with E-state index in [4.69, 9.17) is 0 Å². The van der Waals surface area contributed by atoms with Crippen LogP contribution in [-0.4, -0.2) is 23.5 Å². The van der Waals surface area contributed by atoms with E-state index in [2.05, 4.69) is 6.92 Å². The van der Waals surface area contributed by atoms with E-state index < -0.39 is 11.9 Å². The maximum Gasteiger partial charge on any atom is 0.312 e. The number of anilines is 1. The molecule has 0 radical (unpaired) electrons. The number of para-hydroxylation sites is 1. The Kier molecular flexibility index (Phi) is 4.15. The van der Waals surface area contributed by atoms with Crippen LogP contribution in [0.5, 0.6) is 0 Å². The van der Waals surface area contributed by atoms with Crippen molar-refractivity contribution in [3.8, 4) is 0 Å². The molecule has 1 heterocycles. The topological polar surface area (TPSA) is 57.6 Å². The van der Waals surface area contributed by atoms with Gasteiger partial charge < -0.3 is 10.0 Å². The van der Waals surface area contributed by atoms with Crippen LogP contribution in [0.3, 0.4) is 0 Å². The Morgan fingerprint density at radius 3 is 2.43 bits per heavy atom. The maximum absolute atomic E-state index is 12.7. The molecule has 0 aliphatic carbocycles. The molecule has 1 atom stereocenters. The van der Waals surface area contributed by atoms with Crippen LogP contribution in [0.15, 0.2) is 48.5 Å². The van der Waals surface area contributed by atoms with Crippen LogP contribution in [0.1, 0.15) is 29.5 Å². The van der Waals surface area contributed by atoms with Gasteiger partial charge in [-0.15, -0.1) is 0 Å². The van der Waals surface area contributed by atoms with E-state index in [-0.39, 0.29) is 12.5 Å². The lowest BCUT2D eigenvalue weighted by molar-refractivity contribution is -0.138. The fourth-order valence-electron chi connectivity index (χ4n) is 3.19. The first-order chi connectivity index (χ1) is 11.1. The molecule has 1 aliphatic rings. The summed E-state index contributed by atoms with van der Waals surface area (Å²) in [6, 6.07) is 15.2. The van der Waals surface area contributed by atoms with Crippen molar-refractivity contribution in [1.82, 2.24) is 0 Å². The predicted octanol–water partition coefficient (Wildman–Crippen LogP) is 3.01. The Labute approximate surface area is 135 Å². The number of carboxylic acids is 1. The summed E-state index contributed by atoms with van der Waals surface area (Å²) >= 11 is 0. The lowest BCUT2D eigenvalue weighted by Crippen LogP contribution is -2.32. The van der Waals surface area contributed by atoms with E-state index in [1.165, 1.54) is 0 Å². The molecular weight excluding hydrogens is 290 g/mol. The Morgan fingerprint density at radius 1 is 1.09 bits per heavy atom. The minimum atomic E-state index is -0.887. The van der Waals surface area contributed by atoms with Gasteiger partial charge in [-0.25, -0.2) is 0 Å². The van der Waals surface area contributed by atoms with Gasteiger partial charge in [0, 0.05) is 12.2 Å². The van der Waals surface area contributed by atoms with Crippen LogP contribution < -0.4 is 4.90 Å². The second-order valence-corrected chi connectivity index (χ2v) is 5.75. The molecule has 0 spiro atoms. The molecule has 1 N–H and O–H groups in total. The fourth-order valence-corrected chi connectivity index (χ4v) is 3.19. The molecule has 0 saturated heterocycles. The number of carbonyl (C=O) groups is 2. The zero-order chi connectivity index (χ0) is 16.4. The Morgan fingerprint density at radius 2 is 1.74 bits per heavy atom. The highest BCUT2D eigenvalue weighted by Crippen LogP contribution is 2.36. The van der Waals surface area contributed by atoms with Gasteiger partial charge in [0.25, 0.3) is 0 Å². The van der Waals surface area contributed by atoms with E-state index in [0.717, 1.165) is 28.8 Å². The molecular formula is C19H19NO3. The fraction of sp³-hybridized carbons (Fsp3) is 0.263. The van der Waals surface area contributed by atoms with Crippen molar-refractivity contribution in [1.29, 1.82) is 0 Å². The summed E-state index contributed by atoms with van der Waals surface area (Å²) in [6.07, 6.45) is 1.17. The summed E-state index contributed by atoms with van der Waals surface area (Å²) < 4.78 is 0. The standard InChI is InChI=1S/C19H19NO3/c1-2-13-7-3-4-8-14(13)11-18(21)20-12-16(19(22)23)15-9-5-6-10-17(15)20/h3-10,16H,2,11-12H2,1H3,(H,22,23). The predicted molar refractivity (Wildman–Crippen MR) is 88.7 cm³/mol. The molecule has 4 heteroatoms. The number of hydrogen-bond donors (Lipinski definition) is 1. The highest BCUT2D eigenvalue weighted by atomic mass is 16.4. The first-order valence-corrected chi connectivity index (χ1v) is 7.80. The zero-order valence-electron chi connectivity index (χ0n) is 13.0. The Hall–Kier alpha value is -2.62. The van der Waals surface area contributed by atoms with E-state index in [1.807, 2.05) is 42.5 Å². The lowest BCUT2D eigenvalue weighted by Gasteiger charge is -2.18. The third kappa shape index (κ3) is 2.84. The van der Waals surface area contributed by atoms with Crippen molar-refractivity contribution in [3.63, 3.8) is 0 Å². The molecule has 2 aromatic rings. The number of nitrogens with zero attached hydrogens (tertiary/aromatic N) is 1. The molecule has 2 aromatic carbocycles. The van der Waals surface area contributed by atoms with E-state index in [0.29, 0.717) is 6.42 Å². The number of fused-ring (bicyclic) bond motifs is 1. The van der Waals surface area contributed by atoms with Gasteiger partial charge in [-0.2, -0.15) is 0 Å². The van der Waals surface area contributed by atoms with Crippen molar-refractivity contribution in [3.05, 3.63) is 65.2 Å². The van der Waals surface area contributed by atoms with E-state index in [1.54, 1.807) is 11.0 Å². The van der Waals surface area contributed by atoms with Gasteiger partial charge >= 0.3 is 5.97 Å². The lowest BCUT2D eigenvalue weighted by atomic mass is 10.0. The van der Waals surface area contributed by atoms with Crippen LogP contribution in [0.25, 0.3) is 0 Å². The summed E-state index contributed by atoms with van der Waals surface area (Å²) in [5.74, 6) is -1.58. The van der Waals surface area contributed by atoms with Crippen LogP contribution in [0, 0.1) is 0 Å². The second kappa shape index (κ2) is 6.24. The van der Waals surface area contributed by atoms with Crippen molar-refractivity contribution < 1.29 is 14.7 Å². The quantitative estimate of drug-likeness (QED) is 0.944. The summed E-state index contributed by atoms with van der Waals surface area (Å²) in [5.41, 5.74) is 3.61. The van der Waals surface area contributed by atoms with Gasteiger partial charge in [0.05, 0.1) is 6.42 Å². The molecule has 0 fully saturated rings. The number of amides is 1. The minimum absolute atomic E-state index is 0.0536. The molecule has 118 valence electrons. The average Bonchev–Trinajstić information content (AvgIpc) is 2.95. The number of benzene rings is 2. The molecule has 1 aliphatic heterocycles. The maximum atomic E-state index is 12.7. The van der Waals surface area contributed by atoms with Gasteiger partial charge in [0.2, 0.25) is 5.91 Å². The summed E-state index contributed by atoms with van der Waals surface area (Å²) in [6.45, 7) is 2.27. The van der Waals surface area contributed by atoms with Gasteiger partial charge in [-0.1, -0.05) is 49.4 Å². The number of carboxylic acid groups (broad SMARTS) is 1. The molecule has 23 heavy (non-hydrogen) atoms. The van der Waals surface area contributed by atoms with E-state index in [9.17, 15) is 14.7 Å². The molecule has 1 amide bonds. The van der Waals surface area contributed by atoms with Gasteiger partial charge in [-0.3, -0.25) is 9.59 Å². The SMILES string of the molecule is CCc1ccccc1CC(=O)N1CC(C(=O)O)c2ccccc21. The summed E-state index contributed by atoms with van der Waals surface area (Å²) in [5, 5.41) is 9.39. The monoisotopic (exact) mass is 309 g/mol. The highest BCUT2D eigenvalue weighted by Gasteiger charge is 2.36. The largest absolute Gasteiger partial charge is 0.481 e. The third-order valence-electron chi connectivity index (χ3n) is 4.41. The number of hydrogen-bond acceptors (Lipinski definition) is 2. The van der Waals surface area contributed by atoms with Crippen molar-refractivity contribution in [2.24, 2.45) is 0 Å². The molecule has 0 saturated carbocycles. The van der Waals surface area contributed by atoms with Gasteiger partial charge in [0.1, 0.15) is 5.92 Å². The minimum Gasteiger partial charge on any atom is -0.481 e. The van der Waals surface area contributed by atoms with Crippen molar-refractivity contribution in [2.75, 3.05) is 11.4 Å². The third-order valence-corrected chi connectivity index (χ3v) is 4.41.